The molecule has 7 nitrogen and oxygen atoms in total. The van der Waals surface area contributed by atoms with Crippen molar-refractivity contribution in [1.82, 2.24) is 0 Å². The Bertz CT molecular complexity index is 1760. The first-order chi connectivity index (χ1) is 26.8. The van der Waals surface area contributed by atoms with Gasteiger partial charge in [0.05, 0.1) is 12.2 Å². The highest BCUT2D eigenvalue weighted by atomic mass is 35.5. The van der Waals surface area contributed by atoms with E-state index in [0.717, 1.165) is 47.4 Å². The van der Waals surface area contributed by atoms with E-state index in [1.807, 2.05) is 26.0 Å². The third kappa shape index (κ3) is 15.3. The number of carbonyl (C=O) groups is 2. The molecule has 5 N–H and O–H groups in total. The van der Waals surface area contributed by atoms with Crippen molar-refractivity contribution in [3.05, 3.63) is 98.5 Å². The van der Waals surface area contributed by atoms with Crippen molar-refractivity contribution in [2.24, 2.45) is 40.2 Å². The van der Waals surface area contributed by atoms with E-state index in [-0.39, 0.29) is 48.7 Å². The van der Waals surface area contributed by atoms with Crippen molar-refractivity contribution in [2.75, 3.05) is 25.1 Å². The molecule has 0 saturated carbocycles. The van der Waals surface area contributed by atoms with E-state index in [2.05, 4.69) is 98.8 Å². The predicted octanol–water partition coefficient (Wildman–Crippen LogP) is 11.8. The number of anilines is 1. The lowest BCUT2D eigenvalue weighted by atomic mass is 9.65. The number of aryl methyl sites for hydroxylation is 2. The van der Waals surface area contributed by atoms with Crippen LogP contribution in [0.3, 0.4) is 0 Å². The summed E-state index contributed by atoms with van der Waals surface area (Å²) in [6, 6.07) is 18.8. The molecule has 0 bridgehead atoms. The van der Waals surface area contributed by atoms with Gasteiger partial charge in [-0.05, 0) is 127 Å². The van der Waals surface area contributed by atoms with Gasteiger partial charge in [-0.3, -0.25) is 4.79 Å². The highest BCUT2D eigenvalue weighted by molar-refractivity contribution is 6.31. The summed E-state index contributed by atoms with van der Waals surface area (Å²) in [5.41, 5.74) is 11.0. The number of nitrogens with two attached hydrogens (primary N) is 1. The van der Waals surface area contributed by atoms with Crippen LogP contribution in [0.15, 0.2) is 60.7 Å². The Labute approximate surface area is 360 Å². The van der Waals surface area contributed by atoms with E-state index in [0.29, 0.717) is 34.2 Å². The molecule has 0 aliphatic carbocycles. The number of rotatable bonds is 17. The van der Waals surface area contributed by atoms with Gasteiger partial charge in [0.15, 0.2) is 0 Å². The lowest BCUT2D eigenvalue weighted by Crippen LogP contribution is -2.45. The number of esters is 1. The average molecular weight is 842 g/mol. The summed E-state index contributed by atoms with van der Waals surface area (Å²) in [6.45, 7) is 27.7. The highest BCUT2D eigenvalue weighted by Gasteiger charge is 2.40. The molecule has 0 saturated heterocycles. The second-order valence-electron chi connectivity index (χ2n) is 19.5. The minimum Gasteiger partial charge on any atom is -0.462 e. The number of aliphatic hydroxyl groups is 2. The van der Waals surface area contributed by atoms with Gasteiger partial charge in [0.2, 0.25) is 5.91 Å². The predicted molar refractivity (Wildman–Crippen MR) is 244 cm³/mol. The Morgan fingerprint density at radius 3 is 1.55 bits per heavy atom. The molecule has 0 radical (unpaired) electrons. The number of ether oxygens (including phenoxy) is 1. The van der Waals surface area contributed by atoms with Crippen molar-refractivity contribution >= 4 is 40.8 Å². The summed E-state index contributed by atoms with van der Waals surface area (Å²) in [6.07, 6.45) is 4.14. The highest BCUT2D eigenvalue weighted by Crippen LogP contribution is 2.42. The van der Waals surface area contributed by atoms with E-state index in [1.54, 1.807) is 31.2 Å². The molecule has 3 rings (SSSR count). The van der Waals surface area contributed by atoms with Crippen molar-refractivity contribution < 1.29 is 24.5 Å². The number of hydrogen-bond acceptors (Lipinski definition) is 6. The topological polar surface area (TPSA) is 122 Å². The van der Waals surface area contributed by atoms with Gasteiger partial charge < -0.3 is 26.0 Å². The smallest absolute Gasteiger partial charge is 0.338 e. The lowest BCUT2D eigenvalue weighted by Gasteiger charge is -2.39. The van der Waals surface area contributed by atoms with Gasteiger partial charge in [-0.2, -0.15) is 0 Å². The normalized spacial score (nSPS) is 15.2. The Balaban J connectivity index is 0.000000451. The fraction of sp³-hybridized carbons (Fsp3) is 0.592. The Morgan fingerprint density at radius 1 is 0.707 bits per heavy atom. The molecule has 324 valence electrons. The first kappa shape index (κ1) is 51.2. The molecule has 0 heterocycles. The number of halogens is 2. The zero-order chi connectivity index (χ0) is 44.2. The Morgan fingerprint density at radius 2 is 1.16 bits per heavy atom. The number of hydrogen-bond donors (Lipinski definition) is 4. The number of benzene rings is 3. The Hall–Kier alpha value is -2.94. The van der Waals surface area contributed by atoms with Crippen molar-refractivity contribution in [2.45, 2.75) is 133 Å². The zero-order valence-corrected chi connectivity index (χ0v) is 39.2. The summed E-state index contributed by atoms with van der Waals surface area (Å²) in [5.74, 6) is -0.257. The van der Waals surface area contributed by atoms with Crippen LogP contribution in [0, 0.1) is 34.5 Å². The molecule has 0 aliphatic rings. The molecule has 9 heteroatoms. The van der Waals surface area contributed by atoms with Gasteiger partial charge in [-0.15, -0.1) is 0 Å². The van der Waals surface area contributed by atoms with E-state index in [4.69, 9.17) is 33.7 Å². The maximum absolute atomic E-state index is 13.2. The largest absolute Gasteiger partial charge is 0.462 e. The third-order valence-corrected chi connectivity index (χ3v) is 12.2. The molecule has 3 aromatic carbocycles. The molecular weight excluding hydrogens is 767 g/mol. The first-order valence-corrected chi connectivity index (χ1v) is 21.7. The van der Waals surface area contributed by atoms with E-state index in [1.165, 1.54) is 5.56 Å². The summed E-state index contributed by atoms with van der Waals surface area (Å²) >= 11 is 13.2. The van der Waals surface area contributed by atoms with Crippen LogP contribution in [0.4, 0.5) is 5.69 Å². The maximum Gasteiger partial charge on any atom is 0.338 e. The van der Waals surface area contributed by atoms with Crippen LogP contribution >= 0.6 is 23.2 Å². The molecule has 3 aromatic rings. The van der Waals surface area contributed by atoms with Crippen LogP contribution in [0.25, 0.3) is 0 Å². The molecule has 0 spiro atoms. The van der Waals surface area contributed by atoms with E-state index >= 15 is 0 Å². The molecule has 1 amide bonds. The van der Waals surface area contributed by atoms with Gasteiger partial charge in [0.1, 0.15) is 0 Å². The molecule has 0 aliphatic heterocycles. The zero-order valence-electron chi connectivity index (χ0n) is 37.7. The molecular formula is C49H74Cl2N2O5. The van der Waals surface area contributed by atoms with Crippen LogP contribution in [0.1, 0.15) is 142 Å². The van der Waals surface area contributed by atoms with E-state index in [9.17, 15) is 19.8 Å². The number of amides is 1. The lowest BCUT2D eigenvalue weighted by molar-refractivity contribution is -0.118. The van der Waals surface area contributed by atoms with Crippen LogP contribution in [0.5, 0.6) is 0 Å². The molecule has 4 atom stereocenters. The van der Waals surface area contributed by atoms with Crippen molar-refractivity contribution in [1.29, 1.82) is 0 Å². The molecule has 0 fully saturated rings. The monoisotopic (exact) mass is 840 g/mol. The minimum absolute atomic E-state index is 0.00370. The fourth-order valence-corrected chi connectivity index (χ4v) is 8.10. The summed E-state index contributed by atoms with van der Waals surface area (Å²) in [4.78, 5) is 25.1. The van der Waals surface area contributed by atoms with Gasteiger partial charge in [0.25, 0.3) is 0 Å². The summed E-state index contributed by atoms with van der Waals surface area (Å²) in [5, 5.41) is 24.4. The summed E-state index contributed by atoms with van der Waals surface area (Å²) < 4.78 is 5.01. The summed E-state index contributed by atoms with van der Waals surface area (Å²) in [7, 11) is 0. The van der Waals surface area contributed by atoms with Crippen molar-refractivity contribution in [3.63, 3.8) is 0 Å². The van der Waals surface area contributed by atoms with Crippen LogP contribution in [0.2, 0.25) is 10.0 Å². The van der Waals surface area contributed by atoms with Gasteiger partial charge in [-0.25, -0.2) is 4.79 Å². The number of aliphatic hydroxyl groups excluding tert-OH is 2. The number of carbonyl (C=O) groups excluding carboxylic acids is 2. The van der Waals surface area contributed by atoms with Gasteiger partial charge in [-0.1, -0.05) is 124 Å². The second-order valence-corrected chi connectivity index (χ2v) is 20.3. The number of nitrogens with one attached hydrogen (secondary N) is 1. The van der Waals surface area contributed by atoms with Gasteiger partial charge >= 0.3 is 5.97 Å². The fourth-order valence-electron chi connectivity index (χ4n) is 7.55. The van der Waals surface area contributed by atoms with E-state index < -0.39 is 16.9 Å². The minimum atomic E-state index is -0.635. The quantitative estimate of drug-likeness (QED) is 0.100. The first-order valence-electron chi connectivity index (χ1n) is 20.9. The average Bonchev–Trinajstić information content (AvgIpc) is 3.10. The standard InChI is InChI=1S/C30H42ClNO4.C19H32ClNO/c1-8-36-28(35)22-10-13-24(14-11-22)32-27(34)18-30(7,25(19-33)20(2)3)23-12-9-21(26(31)17-23)15-16-29(4,5)6;1-13(2)16(12-22)19(6,21)15-8-7-14(17(20)11-15)9-10-18(3,4)5/h9-14,17,20,25,33H,8,15-16,18-19H2,1-7H3,(H,32,34);7-8,11,13,16,22H,9-10,12,21H2,1-6H3/t25?,30-;16?,19-/m00/s1. The van der Waals surface area contributed by atoms with Gasteiger partial charge in [0, 0.05) is 52.2 Å². The molecule has 58 heavy (non-hydrogen) atoms. The molecule has 2 unspecified atom stereocenters. The second kappa shape index (κ2) is 22.1. The van der Waals surface area contributed by atoms with Crippen LogP contribution in [-0.2, 0) is 33.3 Å². The Kier molecular flexibility index (Phi) is 19.5. The van der Waals surface area contributed by atoms with Crippen molar-refractivity contribution in [3.8, 4) is 0 Å². The SMILES string of the molecule is CC(C)C(CO)[C@@](C)(N)c1ccc(CCC(C)(C)C)c(Cl)c1.CCOC(=O)c1ccc(NC(=O)C[C@@](C)(c2ccc(CCC(C)(C)C)c(Cl)c2)C(CO)C(C)C)cc1. The van der Waals surface area contributed by atoms with Crippen LogP contribution < -0.4 is 11.1 Å². The van der Waals surface area contributed by atoms with Crippen LogP contribution in [-0.4, -0.2) is 41.9 Å². The third-order valence-electron chi connectivity index (χ3n) is 11.5. The molecule has 0 aromatic heterocycles. The maximum atomic E-state index is 13.2.